The van der Waals surface area contributed by atoms with Crippen molar-refractivity contribution in [1.82, 2.24) is 0 Å². The molecule has 0 radical (unpaired) electrons. The third-order valence-electron chi connectivity index (χ3n) is 1.23. The monoisotopic (exact) mass is 166 g/mol. The van der Waals surface area contributed by atoms with Crippen molar-refractivity contribution in [3.05, 3.63) is 0 Å². The molecule has 1 saturated heterocycles. The quantitative estimate of drug-likeness (QED) is 0.553. The lowest BCUT2D eigenvalue weighted by atomic mass is 10.5. The van der Waals surface area contributed by atoms with E-state index in [1.807, 2.05) is 13.8 Å². The zero-order valence-electron chi connectivity index (χ0n) is 5.66. The highest BCUT2D eigenvalue weighted by Gasteiger charge is 2.27. The highest BCUT2D eigenvalue weighted by molar-refractivity contribution is 8.10. The molecule has 9 heavy (non-hydrogen) atoms. The minimum absolute atomic E-state index is 0.218. The van der Waals surface area contributed by atoms with E-state index >= 15 is 0 Å². The minimum Gasteiger partial charge on any atom is -0.327 e. The lowest BCUT2D eigenvalue weighted by Gasteiger charge is -2.09. The normalized spacial score (nSPS) is 43.6. The standard InChI is InChI=1S/C5H11O2PS/c1-3-8(9)6-4-5(2)7-8/h5H,3-4H2,1-2H3. The van der Waals surface area contributed by atoms with Gasteiger partial charge in [-0.1, -0.05) is 6.92 Å². The first-order valence-electron chi connectivity index (χ1n) is 3.08. The minimum atomic E-state index is -1.77. The summed E-state index contributed by atoms with van der Waals surface area (Å²) in [4.78, 5) is 0. The maximum absolute atomic E-state index is 5.40. The maximum atomic E-state index is 5.40. The van der Waals surface area contributed by atoms with Crippen LogP contribution >= 0.6 is 6.49 Å². The van der Waals surface area contributed by atoms with Crippen molar-refractivity contribution in [1.29, 1.82) is 0 Å². The van der Waals surface area contributed by atoms with Gasteiger partial charge in [0.05, 0.1) is 12.7 Å². The molecular weight excluding hydrogens is 155 g/mol. The number of rotatable bonds is 1. The van der Waals surface area contributed by atoms with Crippen LogP contribution in [0.1, 0.15) is 13.8 Å². The van der Waals surface area contributed by atoms with Gasteiger partial charge in [0.2, 0.25) is 0 Å². The fourth-order valence-corrected chi connectivity index (χ4v) is 2.78. The van der Waals surface area contributed by atoms with Gasteiger partial charge in [-0.05, 0) is 18.7 Å². The predicted molar refractivity (Wildman–Crippen MR) is 41.3 cm³/mol. The predicted octanol–water partition coefficient (Wildman–Crippen LogP) is 1.75. The largest absolute Gasteiger partial charge is 0.327 e. The van der Waals surface area contributed by atoms with Crippen molar-refractivity contribution in [3.8, 4) is 0 Å². The van der Waals surface area contributed by atoms with Crippen molar-refractivity contribution in [2.45, 2.75) is 20.0 Å². The average Bonchev–Trinajstić information content (AvgIpc) is 2.13. The van der Waals surface area contributed by atoms with Gasteiger partial charge in [-0.2, -0.15) is 0 Å². The first-order chi connectivity index (χ1) is 4.16. The zero-order chi connectivity index (χ0) is 6.91. The van der Waals surface area contributed by atoms with Crippen LogP contribution in [0.25, 0.3) is 0 Å². The van der Waals surface area contributed by atoms with Gasteiger partial charge in [0.25, 0.3) is 0 Å². The number of hydrogen-bond acceptors (Lipinski definition) is 3. The summed E-state index contributed by atoms with van der Waals surface area (Å²) >= 11 is 5.11. The molecule has 1 aliphatic heterocycles. The summed E-state index contributed by atoms with van der Waals surface area (Å²) in [5, 5.41) is 0. The molecular formula is C5H11O2PS. The summed E-state index contributed by atoms with van der Waals surface area (Å²) < 4.78 is 10.7. The van der Waals surface area contributed by atoms with E-state index in [4.69, 9.17) is 20.9 Å². The molecule has 4 heteroatoms. The Hall–Kier alpha value is 0.570. The molecule has 54 valence electrons. The molecule has 0 bridgehead atoms. The van der Waals surface area contributed by atoms with E-state index < -0.39 is 6.49 Å². The summed E-state index contributed by atoms with van der Waals surface area (Å²) in [7, 11) is 0. The molecule has 0 N–H and O–H groups in total. The molecule has 1 heterocycles. The van der Waals surface area contributed by atoms with Crippen LogP contribution < -0.4 is 0 Å². The molecule has 1 fully saturated rings. The average molecular weight is 166 g/mol. The summed E-state index contributed by atoms with van der Waals surface area (Å²) in [6, 6.07) is 0. The van der Waals surface area contributed by atoms with Crippen LogP contribution in [-0.4, -0.2) is 18.9 Å². The molecule has 2 nitrogen and oxygen atoms in total. The van der Waals surface area contributed by atoms with Gasteiger partial charge in [0.15, 0.2) is 6.49 Å². The van der Waals surface area contributed by atoms with Gasteiger partial charge in [-0.25, -0.2) is 0 Å². The zero-order valence-corrected chi connectivity index (χ0v) is 7.37. The Labute approximate surface area is 60.7 Å². The SMILES string of the molecule is CCP1(=S)OCC(C)O1. The molecule has 1 rings (SSSR count). The molecule has 2 unspecified atom stereocenters. The lowest BCUT2D eigenvalue weighted by molar-refractivity contribution is 0.262. The molecule has 0 aromatic rings. The first-order valence-corrected chi connectivity index (χ1v) is 5.90. The molecule has 0 amide bonds. The fourth-order valence-electron chi connectivity index (χ4n) is 0.719. The van der Waals surface area contributed by atoms with Crippen molar-refractivity contribution in [2.75, 3.05) is 12.8 Å². The van der Waals surface area contributed by atoms with Crippen molar-refractivity contribution >= 4 is 18.3 Å². The van der Waals surface area contributed by atoms with E-state index in [0.717, 1.165) is 6.16 Å². The smallest absolute Gasteiger partial charge is 0.188 e. The van der Waals surface area contributed by atoms with Crippen LogP contribution in [0, 0.1) is 0 Å². The summed E-state index contributed by atoms with van der Waals surface area (Å²) in [6.45, 7) is 2.91. The molecule has 2 atom stereocenters. The molecule has 0 aliphatic carbocycles. The summed E-state index contributed by atoms with van der Waals surface area (Å²) in [6.07, 6.45) is 1.07. The molecule has 0 saturated carbocycles. The Morgan fingerprint density at radius 2 is 2.44 bits per heavy atom. The Morgan fingerprint density at radius 3 is 2.67 bits per heavy atom. The summed E-state index contributed by atoms with van der Waals surface area (Å²) in [5.41, 5.74) is 0. The number of hydrogen-bond donors (Lipinski definition) is 0. The van der Waals surface area contributed by atoms with Crippen LogP contribution in [0.15, 0.2) is 0 Å². The Kier molecular flexibility index (Phi) is 2.27. The van der Waals surface area contributed by atoms with Crippen LogP contribution in [0.4, 0.5) is 0 Å². The third kappa shape index (κ3) is 1.74. The van der Waals surface area contributed by atoms with Crippen molar-refractivity contribution in [3.63, 3.8) is 0 Å². The van der Waals surface area contributed by atoms with Gasteiger partial charge in [0, 0.05) is 6.16 Å². The second-order valence-corrected chi connectivity index (χ2v) is 6.13. The van der Waals surface area contributed by atoms with E-state index in [1.54, 1.807) is 0 Å². The molecule has 0 aromatic carbocycles. The van der Waals surface area contributed by atoms with Crippen LogP contribution in [-0.2, 0) is 20.9 Å². The third-order valence-corrected chi connectivity index (χ3v) is 4.58. The second kappa shape index (κ2) is 2.67. The van der Waals surface area contributed by atoms with Crippen molar-refractivity contribution < 1.29 is 9.05 Å². The van der Waals surface area contributed by atoms with Crippen LogP contribution in [0.2, 0.25) is 0 Å². The Morgan fingerprint density at radius 1 is 1.78 bits per heavy atom. The maximum Gasteiger partial charge on any atom is 0.188 e. The summed E-state index contributed by atoms with van der Waals surface area (Å²) in [5.74, 6) is 0. The van der Waals surface area contributed by atoms with E-state index in [2.05, 4.69) is 0 Å². The Bertz CT molecular complexity index is 148. The van der Waals surface area contributed by atoms with Gasteiger partial charge < -0.3 is 9.05 Å². The van der Waals surface area contributed by atoms with Crippen molar-refractivity contribution in [2.24, 2.45) is 0 Å². The van der Waals surface area contributed by atoms with E-state index in [1.165, 1.54) is 0 Å². The fraction of sp³-hybridized carbons (Fsp3) is 1.00. The van der Waals surface area contributed by atoms with Gasteiger partial charge in [-0.15, -0.1) is 0 Å². The highest BCUT2D eigenvalue weighted by Crippen LogP contribution is 2.53. The lowest BCUT2D eigenvalue weighted by Crippen LogP contribution is -2.00. The highest BCUT2D eigenvalue weighted by atomic mass is 32.5. The topological polar surface area (TPSA) is 18.5 Å². The van der Waals surface area contributed by atoms with Gasteiger partial charge in [0.1, 0.15) is 0 Å². The second-order valence-electron chi connectivity index (χ2n) is 2.14. The molecule has 1 aliphatic rings. The van der Waals surface area contributed by atoms with E-state index in [-0.39, 0.29) is 6.10 Å². The Balaban J connectivity index is 2.55. The van der Waals surface area contributed by atoms with Crippen LogP contribution in [0.5, 0.6) is 0 Å². The van der Waals surface area contributed by atoms with Gasteiger partial charge in [-0.3, -0.25) is 0 Å². The van der Waals surface area contributed by atoms with E-state index in [9.17, 15) is 0 Å². The van der Waals surface area contributed by atoms with Gasteiger partial charge >= 0.3 is 0 Å². The first kappa shape index (κ1) is 7.67. The van der Waals surface area contributed by atoms with Crippen LogP contribution in [0.3, 0.4) is 0 Å². The molecule has 0 aromatic heterocycles. The van der Waals surface area contributed by atoms with E-state index in [0.29, 0.717) is 6.61 Å². The molecule has 0 spiro atoms.